The molecule has 0 aliphatic carbocycles. The summed E-state index contributed by atoms with van der Waals surface area (Å²) in [5.41, 5.74) is 10.5. The summed E-state index contributed by atoms with van der Waals surface area (Å²) >= 11 is 0. The lowest BCUT2D eigenvalue weighted by atomic mass is 9.95. The molecule has 2 aromatic heterocycles. The number of aryl methyl sites for hydroxylation is 2. The zero-order chi connectivity index (χ0) is 39.7. The van der Waals surface area contributed by atoms with Gasteiger partial charge in [0.2, 0.25) is 5.69 Å². The van der Waals surface area contributed by atoms with Crippen molar-refractivity contribution in [3.8, 4) is 44.8 Å². The summed E-state index contributed by atoms with van der Waals surface area (Å²) in [6.07, 6.45) is -4.64. The van der Waals surface area contributed by atoms with E-state index in [-0.39, 0.29) is 11.3 Å². The highest BCUT2D eigenvalue weighted by molar-refractivity contribution is 6.13. The molecule has 10 aromatic rings. The Morgan fingerprint density at radius 2 is 0.914 bits per heavy atom. The van der Waals surface area contributed by atoms with Crippen LogP contribution in [0.2, 0.25) is 0 Å². The van der Waals surface area contributed by atoms with Gasteiger partial charge in [-0.2, -0.15) is 13.2 Å². The number of halogens is 3. The minimum absolute atomic E-state index is 0.00602. The molecule has 2 heterocycles. The monoisotopic (exact) mass is 757 g/mol. The van der Waals surface area contributed by atoms with E-state index in [1.165, 1.54) is 12.1 Å². The molecule has 0 fully saturated rings. The van der Waals surface area contributed by atoms with Crippen LogP contribution in [0.1, 0.15) is 16.7 Å². The van der Waals surface area contributed by atoms with Gasteiger partial charge < -0.3 is 9.13 Å². The lowest BCUT2D eigenvalue weighted by Crippen LogP contribution is -2.09. The van der Waals surface area contributed by atoms with Crippen LogP contribution in [0.5, 0.6) is 0 Å². The average Bonchev–Trinajstić information content (AvgIpc) is 3.75. The minimum Gasteiger partial charge on any atom is -0.319 e. The van der Waals surface area contributed by atoms with Crippen LogP contribution >= 0.6 is 0 Å². The summed E-state index contributed by atoms with van der Waals surface area (Å²) in [5, 5.41) is 3.89. The normalized spacial score (nSPS) is 11.9. The lowest BCUT2D eigenvalue weighted by molar-refractivity contribution is -0.137. The fraction of sp³-hybridized carbons (Fsp3) is 0.0577. The molecule has 0 aliphatic heterocycles. The van der Waals surface area contributed by atoms with Crippen molar-refractivity contribution in [2.45, 2.75) is 20.0 Å². The first-order chi connectivity index (χ1) is 28.2. The number of rotatable bonds is 5. The van der Waals surface area contributed by atoms with Gasteiger partial charge in [-0.05, 0) is 94.8 Å². The molecule has 3 nitrogen and oxygen atoms in total. The molecule has 0 unspecified atom stereocenters. The Bertz CT molecular complexity index is 3320. The van der Waals surface area contributed by atoms with E-state index in [0.717, 1.165) is 83.1 Å². The van der Waals surface area contributed by atoms with Crippen LogP contribution in [0.15, 0.2) is 170 Å². The summed E-state index contributed by atoms with van der Waals surface area (Å²) in [5.74, 6) is 0. The third-order valence-electron chi connectivity index (χ3n) is 11.5. The molecule has 58 heavy (non-hydrogen) atoms. The second-order valence-electron chi connectivity index (χ2n) is 14.8. The third-order valence-corrected chi connectivity index (χ3v) is 11.5. The van der Waals surface area contributed by atoms with E-state index in [1.54, 1.807) is 12.1 Å². The third kappa shape index (κ3) is 5.43. The maximum Gasteiger partial charge on any atom is 0.417 e. The minimum atomic E-state index is -4.64. The maximum atomic E-state index is 15.0. The highest BCUT2D eigenvalue weighted by Crippen LogP contribution is 2.48. The fourth-order valence-corrected chi connectivity index (χ4v) is 8.84. The number of fused-ring (bicyclic) bond motifs is 6. The number of para-hydroxylation sites is 2. The second-order valence-corrected chi connectivity index (χ2v) is 14.8. The zero-order valence-electron chi connectivity index (χ0n) is 31.6. The van der Waals surface area contributed by atoms with Crippen molar-refractivity contribution < 1.29 is 13.2 Å². The quantitative estimate of drug-likeness (QED) is 0.155. The van der Waals surface area contributed by atoms with E-state index >= 15 is 0 Å². The van der Waals surface area contributed by atoms with E-state index < -0.39 is 11.7 Å². The molecule has 0 bridgehead atoms. The van der Waals surface area contributed by atoms with Crippen LogP contribution in [-0.4, -0.2) is 9.13 Å². The van der Waals surface area contributed by atoms with E-state index in [0.29, 0.717) is 16.9 Å². The zero-order valence-corrected chi connectivity index (χ0v) is 31.6. The van der Waals surface area contributed by atoms with Crippen molar-refractivity contribution >= 4 is 49.3 Å². The van der Waals surface area contributed by atoms with Crippen LogP contribution in [0, 0.1) is 20.4 Å². The first-order valence-electron chi connectivity index (χ1n) is 19.1. The van der Waals surface area contributed by atoms with Crippen molar-refractivity contribution in [3.05, 3.63) is 198 Å². The van der Waals surface area contributed by atoms with Gasteiger partial charge in [-0.15, -0.1) is 0 Å². The predicted molar refractivity (Wildman–Crippen MR) is 232 cm³/mol. The standard InChI is InChI=1S/C52H34F3N3/c1-32-14-4-6-16-36(32)34-24-26-41-39-19-9-12-22-45(39)57(48(41)30-34)47-29-28-43(38-18-8-11-21-44(38)52(53,54)55)51(50(47)56-3)58-46-23-13-10-20-40(46)42-27-25-35(31-49(42)58)37-17-7-5-15-33(37)2/h4-31H,1-2H3. The van der Waals surface area contributed by atoms with Crippen LogP contribution in [0.3, 0.4) is 0 Å². The summed E-state index contributed by atoms with van der Waals surface area (Å²) in [4.78, 5) is 4.30. The van der Waals surface area contributed by atoms with Gasteiger partial charge in [0.15, 0.2) is 0 Å². The highest BCUT2D eigenvalue weighted by Gasteiger charge is 2.35. The molecule has 6 heteroatoms. The molecule has 0 amide bonds. The number of hydrogen-bond donors (Lipinski definition) is 0. The van der Waals surface area contributed by atoms with Crippen LogP contribution in [0.4, 0.5) is 18.9 Å². The van der Waals surface area contributed by atoms with Gasteiger partial charge in [-0.25, -0.2) is 4.85 Å². The molecule has 0 atom stereocenters. The summed E-state index contributed by atoms with van der Waals surface area (Å²) in [6.45, 7) is 13.1. The summed E-state index contributed by atoms with van der Waals surface area (Å²) < 4.78 is 49.0. The Morgan fingerprint density at radius 3 is 1.47 bits per heavy atom. The van der Waals surface area contributed by atoms with E-state index in [4.69, 9.17) is 6.57 Å². The van der Waals surface area contributed by atoms with Gasteiger partial charge in [0.05, 0.1) is 45.6 Å². The number of hydrogen-bond acceptors (Lipinski definition) is 0. The van der Waals surface area contributed by atoms with Crippen LogP contribution < -0.4 is 0 Å². The molecule has 0 saturated carbocycles. The van der Waals surface area contributed by atoms with Crippen LogP contribution in [0.25, 0.3) is 93.2 Å². The number of benzene rings is 8. The smallest absolute Gasteiger partial charge is 0.319 e. The van der Waals surface area contributed by atoms with Gasteiger partial charge in [-0.1, -0.05) is 133 Å². The van der Waals surface area contributed by atoms with Gasteiger partial charge in [0.25, 0.3) is 0 Å². The molecule has 278 valence electrons. The Labute approximate surface area is 333 Å². The van der Waals surface area contributed by atoms with E-state index in [1.807, 2.05) is 77.4 Å². The van der Waals surface area contributed by atoms with Crippen molar-refractivity contribution in [1.29, 1.82) is 0 Å². The number of nitrogens with zero attached hydrogens (tertiary/aromatic N) is 3. The Kier molecular flexibility index (Phi) is 8.10. The molecular weight excluding hydrogens is 724 g/mol. The largest absolute Gasteiger partial charge is 0.417 e. The van der Waals surface area contributed by atoms with Crippen molar-refractivity contribution in [2.75, 3.05) is 0 Å². The van der Waals surface area contributed by atoms with Gasteiger partial charge in [0, 0.05) is 21.5 Å². The SMILES string of the molecule is [C-]#[N+]c1c(-n2c3ccccc3c3ccc(-c4ccccc4C)cc32)ccc(-c2ccccc2C(F)(F)F)c1-n1c2ccccc2c2ccc(-c3ccccc3C)cc21. The van der Waals surface area contributed by atoms with Crippen molar-refractivity contribution in [3.63, 3.8) is 0 Å². The van der Waals surface area contributed by atoms with Crippen molar-refractivity contribution in [1.82, 2.24) is 9.13 Å². The summed E-state index contributed by atoms with van der Waals surface area (Å²) in [6, 6.07) is 54.4. The number of alkyl halides is 3. The fourth-order valence-electron chi connectivity index (χ4n) is 8.84. The van der Waals surface area contributed by atoms with Gasteiger partial charge in [0.1, 0.15) is 0 Å². The highest BCUT2D eigenvalue weighted by atomic mass is 19.4. The molecule has 0 radical (unpaired) electrons. The summed E-state index contributed by atoms with van der Waals surface area (Å²) in [7, 11) is 0. The molecular formula is C52H34F3N3. The van der Waals surface area contributed by atoms with Crippen molar-refractivity contribution in [2.24, 2.45) is 0 Å². The molecule has 10 rings (SSSR count). The molecule has 0 N–H and O–H groups in total. The maximum absolute atomic E-state index is 15.0. The van der Waals surface area contributed by atoms with E-state index in [2.05, 4.69) is 90.0 Å². The Hall–Kier alpha value is -7.36. The molecule has 0 spiro atoms. The average molecular weight is 758 g/mol. The van der Waals surface area contributed by atoms with Crippen LogP contribution in [-0.2, 0) is 6.18 Å². The first-order valence-corrected chi connectivity index (χ1v) is 19.1. The van der Waals surface area contributed by atoms with Gasteiger partial charge in [-0.3, -0.25) is 0 Å². The molecule has 8 aromatic carbocycles. The molecule has 0 aliphatic rings. The number of aromatic nitrogens is 2. The Morgan fingerprint density at radius 1 is 0.448 bits per heavy atom. The van der Waals surface area contributed by atoms with E-state index in [9.17, 15) is 13.2 Å². The second kappa shape index (κ2) is 13.4. The Balaban J connectivity index is 1.37. The first kappa shape index (κ1) is 35.1. The van der Waals surface area contributed by atoms with Gasteiger partial charge >= 0.3 is 6.18 Å². The topological polar surface area (TPSA) is 14.2 Å². The lowest BCUT2D eigenvalue weighted by Gasteiger charge is -2.22. The molecule has 0 saturated heterocycles. The predicted octanol–water partition coefficient (Wildman–Crippen LogP) is 15.1.